The summed E-state index contributed by atoms with van der Waals surface area (Å²) < 4.78 is 25.7. The number of methoxy groups -OCH3 is 1. The molecule has 0 amide bonds. The van der Waals surface area contributed by atoms with Crippen molar-refractivity contribution in [2.75, 3.05) is 33.0 Å². The Hall–Kier alpha value is -2.84. The van der Waals surface area contributed by atoms with E-state index in [4.69, 9.17) is 15.2 Å². The zero-order valence-electron chi connectivity index (χ0n) is 15.1. The molecule has 0 aliphatic heterocycles. The van der Waals surface area contributed by atoms with Gasteiger partial charge in [0.15, 0.2) is 11.6 Å². The molecule has 0 aliphatic rings. The monoisotopic (exact) mass is 388 g/mol. The van der Waals surface area contributed by atoms with Crippen LogP contribution >= 0.6 is 11.3 Å². The number of rotatable bonds is 8. The molecule has 0 spiro atoms. The highest BCUT2D eigenvalue weighted by Crippen LogP contribution is 2.37. The number of thiophene rings is 1. The Morgan fingerprint density at radius 1 is 1.30 bits per heavy atom. The highest BCUT2D eigenvalue weighted by Gasteiger charge is 2.13. The number of hydrogen-bond donors (Lipinski definition) is 3. The van der Waals surface area contributed by atoms with E-state index in [0.29, 0.717) is 24.6 Å². The SMILES string of the molecule is CN/C(=C\NCCOC)c1cc2nccc(Oc3ccc(N)cc3F)c2s1. The molecule has 3 aromatic rings. The molecule has 1 aromatic carbocycles. The van der Waals surface area contributed by atoms with E-state index in [1.165, 1.54) is 23.5 Å². The summed E-state index contributed by atoms with van der Waals surface area (Å²) in [7, 11) is 3.51. The van der Waals surface area contributed by atoms with E-state index in [-0.39, 0.29) is 5.75 Å². The van der Waals surface area contributed by atoms with Crippen LogP contribution in [0.25, 0.3) is 15.9 Å². The number of benzene rings is 1. The molecule has 0 saturated heterocycles. The second-order valence-corrected chi connectivity index (χ2v) is 6.73. The molecule has 3 rings (SSSR count). The van der Waals surface area contributed by atoms with E-state index in [9.17, 15) is 4.39 Å². The minimum absolute atomic E-state index is 0.122. The lowest BCUT2D eigenvalue weighted by atomic mass is 10.3. The standard InChI is InChI=1S/C19H21FN4O2S/c1-22-15(11-23-7-8-25-2)18-10-14-19(27-18)17(5-6-24-14)26-16-4-3-12(21)9-13(16)20/h3-6,9-11,22-23H,7-8,21H2,1-2H3/b15-11-. The van der Waals surface area contributed by atoms with Crippen LogP contribution in [0.4, 0.5) is 10.1 Å². The summed E-state index contributed by atoms with van der Waals surface area (Å²) in [5.74, 6) is 0.162. The van der Waals surface area contributed by atoms with Crippen molar-refractivity contribution in [1.29, 1.82) is 0 Å². The third-order valence-corrected chi connectivity index (χ3v) is 4.96. The van der Waals surface area contributed by atoms with Gasteiger partial charge in [-0.05, 0) is 18.2 Å². The number of halogens is 1. The number of hydrogen-bond acceptors (Lipinski definition) is 7. The van der Waals surface area contributed by atoms with Crippen LogP contribution < -0.4 is 21.1 Å². The van der Waals surface area contributed by atoms with Gasteiger partial charge in [0.25, 0.3) is 0 Å². The van der Waals surface area contributed by atoms with Gasteiger partial charge in [0.05, 0.1) is 27.4 Å². The van der Waals surface area contributed by atoms with Crippen molar-refractivity contribution in [1.82, 2.24) is 15.6 Å². The average molecular weight is 388 g/mol. The average Bonchev–Trinajstić information content (AvgIpc) is 3.09. The molecule has 142 valence electrons. The molecule has 2 aromatic heterocycles. The van der Waals surface area contributed by atoms with E-state index in [2.05, 4.69) is 15.6 Å². The number of anilines is 1. The Morgan fingerprint density at radius 3 is 2.89 bits per heavy atom. The first kappa shape index (κ1) is 18.9. The molecule has 27 heavy (non-hydrogen) atoms. The third kappa shape index (κ3) is 4.47. The largest absolute Gasteiger partial charge is 0.453 e. The van der Waals surface area contributed by atoms with Crippen molar-refractivity contribution in [2.45, 2.75) is 0 Å². The van der Waals surface area contributed by atoms with E-state index in [1.807, 2.05) is 19.3 Å². The molecule has 8 heteroatoms. The number of pyridine rings is 1. The zero-order valence-corrected chi connectivity index (χ0v) is 15.9. The fourth-order valence-corrected chi connectivity index (χ4v) is 3.54. The lowest BCUT2D eigenvalue weighted by Gasteiger charge is -2.08. The van der Waals surface area contributed by atoms with Crippen molar-refractivity contribution in [3.05, 3.63) is 53.4 Å². The van der Waals surface area contributed by atoms with Gasteiger partial charge >= 0.3 is 0 Å². The number of aromatic nitrogens is 1. The van der Waals surface area contributed by atoms with E-state index >= 15 is 0 Å². The number of nitrogens with one attached hydrogen (secondary N) is 2. The zero-order chi connectivity index (χ0) is 19.2. The first-order chi connectivity index (χ1) is 13.1. The lowest BCUT2D eigenvalue weighted by molar-refractivity contribution is 0.203. The Bertz CT molecular complexity index is 958. The predicted molar refractivity (Wildman–Crippen MR) is 107 cm³/mol. The molecule has 0 unspecified atom stereocenters. The maximum Gasteiger partial charge on any atom is 0.167 e. The molecule has 2 heterocycles. The lowest BCUT2D eigenvalue weighted by Crippen LogP contribution is -2.15. The van der Waals surface area contributed by atoms with Gasteiger partial charge in [-0.1, -0.05) is 0 Å². The highest BCUT2D eigenvalue weighted by atomic mass is 32.1. The second kappa shape index (κ2) is 8.70. The fourth-order valence-electron chi connectivity index (χ4n) is 2.45. The van der Waals surface area contributed by atoms with Crippen LogP contribution in [0.5, 0.6) is 11.5 Å². The molecule has 0 fully saturated rings. The van der Waals surface area contributed by atoms with E-state index in [0.717, 1.165) is 20.8 Å². The van der Waals surface area contributed by atoms with Gasteiger partial charge in [-0.25, -0.2) is 4.39 Å². The second-order valence-electron chi connectivity index (χ2n) is 5.68. The van der Waals surface area contributed by atoms with Crippen molar-refractivity contribution in [2.24, 2.45) is 0 Å². The Labute approximate surface area is 160 Å². The summed E-state index contributed by atoms with van der Waals surface area (Å²) in [6.45, 7) is 1.32. The maximum atomic E-state index is 14.1. The summed E-state index contributed by atoms with van der Waals surface area (Å²) in [6.07, 6.45) is 3.53. The van der Waals surface area contributed by atoms with Crippen LogP contribution in [0.2, 0.25) is 0 Å². The summed E-state index contributed by atoms with van der Waals surface area (Å²) in [4.78, 5) is 5.37. The van der Waals surface area contributed by atoms with Crippen LogP contribution in [0, 0.1) is 5.82 Å². The number of nitrogens with two attached hydrogens (primary N) is 1. The maximum absolute atomic E-state index is 14.1. The third-order valence-electron chi connectivity index (χ3n) is 3.78. The molecule has 6 nitrogen and oxygen atoms in total. The molecule has 0 bridgehead atoms. The molecular formula is C19H21FN4O2S. The van der Waals surface area contributed by atoms with Gasteiger partial charge < -0.3 is 25.8 Å². The van der Waals surface area contributed by atoms with Crippen LogP contribution in [-0.4, -0.2) is 32.3 Å². The van der Waals surface area contributed by atoms with Crippen LogP contribution in [-0.2, 0) is 4.74 Å². The van der Waals surface area contributed by atoms with Gasteiger partial charge in [-0.3, -0.25) is 4.98 Å². The van der Waals surface area contributed by atoms with Gasteiger partial charge in [0, 0.05) is 50.9 Å². The molecule has 0 saturated carbocycles. The normalized spacial score (nSPS) is 11.6. The van der Waals surface area contributed by atoms with Crippen molar-refractivity contribution in [3.8, 4) is 11.5 Å². The van der Waals surface area contributed by atoms with E-state index in [1.54, 1.807) is 25.4 Å². The molecule has 0 aliphatic carbocycles. The Morgan fingerprint density at radius 2 is 2.15 bits per heavy atom. The molecule has 0 atom stereocenters. The molecule has 4 N–H and O–H groups in total. The van der Waals surface area contributed by atoms with Gasteiger partial charge in [0.1, 0.15) is 5.75 Å². The Kier molecular flexibility index (Phi) is 6.10. The summed E-state index contributed by atoms with van der Waals surface area (Å²) >= 11 is 1.51. The van der Waals surface area contributed by atoms with Crippen LogP contribution in [0.3, 0.4) is 0 Å². The summed E-state index contributed by atoms with van der Waals surface area (Å²) in [5, 5.41) is 6.36. The number of ether oxygens (including phenoxy) is 2. The summed E-state index contributed by atoms with van der Waals surface area (Å²) in [6, 6.07) is 8.04. The molecule has 0 radical (unpaired) electrons. The van der Waals surface area contributed by atoms with Crippen LogP contribution in [0.1, 0.15) is 4.88 Å². The van der Waals surface area contributed by atoms with Crippen LogP contribution in [0.15, 0.2) is 42.7 Å². The highest BCUT2D eigenvalue weighted by molar-refractivity contribution is 7.20. The van der Waals surface area contributed by atoms with Crippen molar-refractivity contribution in [3.63, 3.8) is 0 Å². The van der Waals surface area contributed by atoms with Crippen molar-refractivity contribution >= 4 is 32.9 Å². The quantitative estimate of drug-likeness (QED) is 0.404. The number of fused-ring (bicyclic) bond motifs is 1. The first-order valence-electron chi connectivity index (χ1n) is 8.34. The first-order valence-corrected chi connectivity index (χ1v) is 9.16. The van der Waals surface area contributed by atoms with Gasteiger partial charge in [-0.15, -0.1) is 11.3 Å². The topological polar surface area (TPSA) is 81.4 Å². The molecular weight excluding hydrogens is 367 g/mol. The number of nitrogens with zero attached hydrogens (tertiary/aromatic N) is 1. The Balaban J connectivity index is 1.90. The minimum Gasteiger partial charge on any atom is -0.453 e. The fraction of sp³-hybridized carbons (Fsp3) is 0.211. The minimum atomic E-state index is -0.505. The van der Waals surface area contributed by atoms with Gasteiger partial charge in [-0.2, -0.15) is 0 Å². The van der Waals surface area contributed by atoms with E-state index < -0.39 is 5.82 Å². The predicted octanol–water partition coefficient (Wildman–Crippen LogP) is 3.56. The smallest absolute Gasteiger partial charge is 0.167 e. The van der Waals surface area contributed by atoms with Gasteiger partial charge in [0.2, 0.25) is 0 Å². The van der Waals surface area contributed by atoms with Crippen molar-refractivity contribution < 1.29 is 13.9 Å². The summed E-state index contributed by atoms with van der Waals surface area (Å²) in [5.41, 5.74) is 7.64. The number of nitrogen functional groups attached to an aromatic ring is 1.